The Morgan fingerprint density at radius 3 is 2.55 bits per heavy atom. The van der Waals surface area contributed by atoms with Crippen molar-refractivity contribution in [1.82, 2.24) is 19.8 Å². The van der Waals surface area contributed by atoms with Crippen LogP contribution in [-0.2, 0) is 16.1 Å². The molecule has 3 aromatic rings. The minimum atomic E-state index is -0.349. The van der Waals surface area contributed by atoms with Crippen molar-refractivity contribution < 1.29 is 9.59 Å². The molecule has 0 spiro atoms. The van der Waals surface area contributed by atoms with Gasteiger partial charge in [-0.25, -0.2) is 4.98 Å². The van der Waals surface area contributed by atoms with E-state index in [4.69, 9.17) is 4.98 Å². The van der Waals surface area contributed by atoms with Gasteiger partial charge in [-0.15, -0.1) is 0 Å². The van der Waals surface area contributed by atoms with E-state index in [9.17, 15) is 9.59 Å². The minimum Gasteiger partial charge on any atom is -0.343 e. The second kappa shape index (κ2) is 10.5. The predicted octanol–water partition coefficient (Wildman–Crippen LogP) is 4.72. The van der Waals surface area contributed by atoms with E-state index in [1.54, 1.807) is 6.08 Å². The van der Waals surface area contributed by atoms with Gasteiger partial charge in [-0.05, 0) is 43.5 Å². The predicted molar refractivity (Wildman–Crippen MR) is 131 cm³/mol. The zero-order valence-corrected chi connectivity index (χ0v) is 19.4. The van der Waals surface area contributed by atoms with Gasteiger partial charge in [0.05, 0.1) is 17.1 Å². The maximum Gasteiger partial charge on any atom is 0.244 e. The summed E-state index contributed by atoms with van der Waals surface area (Å²) in [4.78, 5) is 32.4. The fraction of sp³-hybridized carbons (Fsp3) is 0.370. The summed E-state index contributed by atoms with van der Waals surface area (Å²) in [6.45, 7) is 2.12. The minimum absolute atomic E-state index is 0.0776. The maximum absolute atomic E-state index is 13.2. The lowest BCUT2D eigenvalue weighted by Gasteiger charge is -2.31. The molecule has 0 radical (unpaired) electrons. The zero-order chi connectivity index (χ0) is 23.2. The Kier molecular flexibility index (Phi) is 7.23. The largest absolute Gasteiger partial charge is 0.343 e. The molecule has 2 aromatic carbocycles. The third-order valence-electron chi connectivity index (χ3n) is 6.47. The van der Waals surface area contributed by atoms with E-state index < -0.39 is 0 Å². The maximum atomic E-state index is 13.2. The first-order valence-electron chi connectivity index (χ1n) is 11.8. The first-order valence-corrected chi connectivity index (χ1v) is 11.8. The number of fused-ring (bicyclic) bond motifs is 1. The monoisotopic (exact) mass is 444 g/mol. The fourth-order valence-corrected chi connectivity index (χ4v) is 4.57. The van der Waals surface area contributed by atoms with E-state index in [1.807, 2.05) is 78.0 Å². The topological polar surface area (TPSA) is 67.2 Å². The van der Waals surface area contributed by atoms with Gasteiger partial charge in [0, 0.05) is 19.2 Å². The van der Waals surface area contributed by atoms with Crippen LogP contribution < -0.4 is 5.32 Å². The average molecular weight is 445 g/mol. The molecule has 1 saturated carbocycles. The second-order valence-electron chi connectivity index (χ2n) is 8.82. The van der Waals surface area contributed by atoms with Gasteiger partial charge in [0.2, 0.25) is 11.8 Å². The van der Waals surface area contributed by atoms with Crippen LogP contribution in [0.2, 0.25) is 0 Å². The van der Waals surface area contributed by atoms with Crippen LogP contribution >= 0.6 is 0 Å². The fourth-order valence-electron chi connectivity index (χ4n) is 4.57. The number of carbonyl (C=O) groups is 2. The number of hydrogen-bond donors (Lipinski definition) is 1. The molecule has 1 aliphatic carbocycles. The highest BCUT2D eigenvalue weighted by Crippen LogP contribution is 2.24. The molecular weight excluding hydrogens is 412 g/mol. The Hall–Kier alpha value is -3.41. The Labute approximate surface area is 195 Å². The molecule has 1 heterocycles. The van der Waals surface area contributed by atoms with Crippen molar-refractivity contribution in [3.05, 3.63) is 72.1 Å². The molecule has 1 aliphatic rings. The molecule has 6 nitrogen and oxygen atoms in total. The molecule has 1 aromatic heterocycles. The molecule has 1 N–H and O–H groups in total. The molecule has 2 amide bonds. The van der Waals surface area contributed by atoms with Gasteiger partial charge in [0.25, 0.3) is 0 Å². The summed E-state index contributed by atoms with van der Waals surface area (Å²) in [7, 11) is 1.91. The summed E-state index contributed by atoms with van der Waals surface area (Å²) in [5.41, 5.74) is 2.68. The molecule has 0 aliphatic heterocycles. The standard InChI is InChI=1S/C27H32N4O2/c1-20(28-25(32)18-17-21-11-5-3-6-12-21)27-29-23-15-9-10-16-24(23)31(27)19-26(33)30(2)22-13-7-4-8-14-22/h3,5-6,9-12,15-18,20,22H,4,7-8,13-14,19H2,1-2H3,(H,28,32)/b18-17-. The smallest absolute Gasteiger partial charge is 0.244 e. The molecule has 6 heteroatoms. The molecular formula is C27H32N4O2. The van der Waals surface area contributed by atoms with Gasteiger partial charge >= 0.3 is 0 Å². The van der Waals surface area contributed by atoms with Crippen LogP contribution in [0, 0.1) is 0 Å². The average Bonchev–Trinajstić information content (AvgIpc) is 3.22. The van der Waals surface area contributed by atoms with Gasteiger partial charge < -0.3 is 14.8 Å². The number of benzene rings is 2. The highest BCUT2D eigenvalue weighted by Gasteiger charge is 2.25. The Morgan fingerprint density at radius 2 is 1.79 bits per heavy atom. The molecule has 172 valence electrons. The number of amides is 2. The molecule has 0 saturated heterocycles. The number of carbonyl (C=O) groups excluding carboxylic acids is 2. The summed E-state index contributed by atoms with van der Waals surface area (Å²) < 4.78 is 1.95. The number of aromatic nitrogens is 2. The molecule has 1 unspecified atom stereocenters. The van der Waals surface area contributed by atoms with Crippen LogP contribution in [0.15, 0.2) is 60.7 Å². The lowest BCUT2D eigenvalue weighted by Crippen LogP contribution is -2.40. The first kappa shape index (κ1) is 22.8. The van der Waals surface area contributed by atoms with Gasteiger partial charge in [-0.3, -0.25) is 9.59 Å². The molecule has 1 atom stereocenters. The van der Waals surface area contributed by atoms with Crippen LogP contribution in [0.25, 0.3) is 17.1 Å². The summed E-state index contributed by atoms with van der Waals surface area (Å²) in [6.07, 6.45) is 9.07. The molecule has 4 rings (SSSR count). The SMILES string of the molecule is CC(NC(=O)/C=C\c1ccccc1)c1nc2ccccc2n1CC(=O)N(C)C1CCCCC1. The van der Waals surface area contributed by atoms with Crippen molar-refractivity contribution in [2.24, 2.45) is 0 Å². The quantitative estimate of drug-likeness (QED) is 0.536. The highest BCUT2D eigenvalue weighted by atomic mass is 16.2. The Balaban J connectivity index is 1.52. The zero-order valence-electron chi connectivity index (χ0n) is 19.4. The third-order valence-corrected chi connectivity index (χ3v) is 6.47. The summed E-state index contributed by atoms with van der Waals surface area (Å²) >= 11 is 0. The van der Waals surface area contributed by atoms with Crippen molar-refractivity contribution in [3.63, 3.8) is 0 Å². The van der Waals surface area contributed by atoms with Gasteiger partial charge in [-0.1, -0.05) is 61.7 Å². The van der Waals surface area contributed by atoms with E-state index in [0.29, 0.717) is 11.9 Å². The van der Waals surface area contributed by atoms with Crippen molar-refractivity contribution in [2.75, 3.05) is 7.05 Å². The van der Waals surface area contributed by atoms with Gasteiger partial charge in [0.1, 0.15) is 12.4 Å². The second-order valence-corrected chi connectivity index (χ2v) is 8.82. The first-order chi connectivity index (χ1) is 16.0. The van der Waals surface area contributed by atoms with Gasteiger partial charge in [-0.2, -0.15) is 0 Å². The Morgan fingerprint density at radius 1 is 1.09 bits per heavy atom. The van der Waals surface area contributed by atoms with Crippen molar-refractivity contribution in [1.29, 1.82) is 0 Å². The van der Waals surface area contributed by atoms with Crippen molar-refractivity contribution in [3.8, 4) is 0 Å². The Bertz CT molecular complexity index is 1130. The number of para-hydroxylation sites is 2. The lowest BCUT2D eigenvalue weighted by molar-refractivity contribution is -0.133. The molecule has 0 bridgehead atoms. The van der Waals surface area contributed by atoms with Crippen LogP contribution in [0.1, 0.15) is 56.5 Å². The normalized spacial score (nSPS) is 15.6. The summed E-state index contributed by atoms with van der Waals surface area (Å²) in [5, 5.41) is 3.00. The molecule has 33 heavy (non-hydrogen) atoms. The van der Waals surface area contributed by atoms with E-state index in [1.165, 1.54) is 25.3 Å². The lowest BCUT2D eigenvalue weighted by atomic mass is 9.94. The third kappa shape index (κ3) is 5.51. The van der Waals surface area contributed by atoms with Crippen LogP contribution in [0.4, 0.5) is 0 Å². The van der Waals surface area contributed by atoms with E-state index in [0.717, 1.165) is 29.4 Å². The van der Waals surface area contributed by atoms with Crippen LogP contribution in [0.5, 0.6) is 0 Å². The van der Waals surface area contributed by atoms with E-state index in [2.05, 4.69) is 5.32 Å². The number of hydrogen-bond acceptors (Lipinski definition) is 3. The number of nitrogens with one attached hydrogen (secondary N) is 1. The summed E-state index contributed by atoms with van der Waals surface area (Å²) in [5.74, 6) is 0.562. The highest BCUT2D eigenvalue weighted by molar-refractivity contribution is 5.92. The van der Waals surface area contributed by atoms with Crippen LogP contribution in [-0.4, -0.2) is 39.4 Å². The van der Waals surface area contributed by atoms with Crippen molar-refractivity contribution in [2.45, 2.75) is 57.7 Å². The van der Waals surface area contributed by atoms with Gasteiger partial charge in [0.15, 0.2) is 0 Å². The molecule has 1 fully saturated rings. The summed E-state index contributed by atoms with van der Waals surface area (Å²) in [6, 6.07) is 17.5. The van der Waals surface area contributed by atoms with E-state index in [-0.39, 0.29) is 24.4 Å². The number of nitrogens with zero attached hydrogens (tertiary/aromatic N) is 3. The number of imidazole rings is 1. The van der Waals surface area contributed by atoms with Crippen LogP contribution in [0.3, 0.4) is 0 Å². The number of likely N-dealkylation sites (N-methyl/N-ethyl adjacent to an activating group) is 1. The van der Waals surface area contributed by atoms with E-state index >= 15 is 0 Å². The number of rotatable bonds is 7. The van der Waals surface area contributed by atoms with Crippen molar-refractivity contribution >= 4 is 28.9 Å².